The minimum atomic E-state index is 0.424. The largest absolute Gasteiger partial charge is 0.354 e. The summed E-state index contributed by atoms with van der Waals surface area (Å²) in [7, 11) is 0. The van der Waals surface area contributed by atoms with Crippen molar-refractivity contribution in [2.75, 3.05) is 18.0 Å². The number of hydrogen-bond acceptors (Lipinski definition) is 4. The highest BCUT2D eigenvalue weighted by molar-refractivity contribution is 5.39. The van der Waals surface area contributed by atoms with E-state index in [4.69, 9.17) is 0 Å². The molecule has 2 aromatic rings. The fourth-order valence-electron chi connectivity index (χ4n) is 3.19. The van der Waals surface area contributed by atoms with Crippen LogP contribution in [0.3, 0.4) is 0 Å². The van der Waals surface area contributed by atoms with Crippen LogP contribution in [0.5, 0.6) is 0 Å². The highest BCUT2D eigenvalue weighted by atomic mass is 15.3. The molecular weight excluding hydrogens is 274 g/mol. The molecule has 1 aliphatic heterocycles. The monoisotopic (exact) mass is 299 g/mol. The molecule has 3 heterocycles. The molecule has 1 N–H and O–H groups in total. The molecule has 1 saturated heterocycles. The van der Waals surface area contributed by atoms with Crippen LogP contribution >= 0.6 is 0 Å². The van der Waals surface area contributed by atoms with Crippen molar-refractivity contribution in [3.8, 4) is 0 Å². The molecule has 118 valence electrons. The quantitative estimate of drug-likeness (QED) is 0.941. The van der Waals surface area contributed by atoms with Gasteiger partial charge >= 0.3 is 0 Å². The summed E-state index contributed by atoms with van der Waals surface area (Å²) in [6, 6.07) is 4.21. The van der Waals surface area contributed by atoms with Crippen LogP contribution in [0.2, 0.25) is 0 Å². The third-order valence-corrected chi connectivity index (χ3v) is 4.55. The van der Waals surface area contributed by atoms with Crippen LogP contribution in [0.1, 0.15) is 62.4 Å². The number of aryl methyl sites for hydroxylation is 1. The van der Waals surface area contributed by atoms with Crippen LogP contribution in [-0.2, 0) is 6.42 Å². The first-order valence-electron chi connectivity index (χ1n) is 8.29. The zero-order valence-corrected chi connectivity index (χ0v) is 13.7. The lowest BCUT2D eigenvalue weighted by molar-refractivity contribution is 0.494. The molecule has 1 unspecified atom stereocenters. The van der Waals surface area contributed by atoms with E-state index in [-0.39, 0.29) is 0 Å². The minimum Gasteiger partial charge on any atom is -0.354 e. The topological polar surface area (TPSA) is 57.7 Å². The molecule has 0 amide bonds. The van der Waals surface area contributed by atoms with Crippen LogP contribution in [0, 0.1) is 0 Å². The predicted molar refractivity (Wildman–Crippen MR) is 88.3 cm³/mol. The van der Waals surface area contributed by atoms with Gasteiger partial charge in [0, 0.05) is 24.7 Å². The Balaban J connectivity index is 1.75. The highest BCUT2D eigenvalue weighted by Gasteiger charge is 2.25. The molecule has 0 spiro atoms. The molecular formula is C17H25N5. The Bertz CT molecular complexity index is 602. The predicted octanol–water partition coefficient (Wildman–Crippen LogP) is 3.27. The first kappa shape index (κ1) is 15.0. The number of aromatic amines is 1. The van der Waals surface area contributed by atoms with E-state index in [1.54, 1.807) is 0 Å². The number of nitrogens with one attached hydrogen (secondary N) is 1. The van der Waals surface area contributed by atoms with Gasteiger partial charge in [-0.15, -0.1) is 5.10 Å². The second-order valence-electron chi connectivity index (χ2n) is 6.42. The van der Waals surface area contributed by atoms with Gasteiger partial charge in [-0.25, -0.2) is 0 Å². The van der Waals surface area contributed by atoms with Crippen molar-refractivity contribution in [1.29, 1.82) is 0 Å². The van der Waals surface area contributed by atoms with Crippen molar-refractivity contribution in [2.45, 2.75) is 51.9 Å². The Morgan fingerprint density at radius 2 is 2.18 bits per heavy atom. The molecule has 1 aliphatic rings. The summed E-state index contributed by atoms with van der Waals surface area (Å²) in [6.07, 6.45) is 5.39. The second-order valence-corrected chi connectivity index (χ2v) is 6.42. The summed E-state index contributed by atoms with van der Waals surface area (Å²) in [5, 5.41) is 16.2. The van der Waals surface area contributed by atoms with Crippen molar-refractivity contribution in [2.24, 2.45) is 0 Å². The molecule has 0 radical (unpaired) electrons. The Hall–Kier alpha value is -1.91. The van der Waals surface area contributed by atoms with Gasteiger partial charge in [-0.1, -0.05) is 20.8 Å². The van der Waals surface area contributed by atoms with Gasteiger partial charge in [0.25, 0.3) is 0 Å². The maximum absolute atomic E-state index is 4.43. The third kappa shape index (κ3) is 2.98. The van der Waals surface area contributed by atoms with E-state index in [1.165, 1.54) is 24.1 Å². The lowest BCUT2D eigenvalue weighted by Gasteiger charge is -2.33. The summed E-state index contributed by atoms with van der Waals surface area (Å²) in [6.45, 7) is 8.52. The molecule has 2 aromatic heterocycles. The molecule has 0 aliphatic carbocycles. The first-order valence-corrected chi connectivity index (χ1v) is 8.29. The van der Waals surface area contributed by atoms with E-state index < -0.39 is 0 Å². The summed E-state index contributed by atoms with van der Waals surface area (Å²) in [5.74, 6) is 1.93. The minimum absolute atomic E-state index is 0.424. The molecule has 1 fully saturated rings. The smallest absolute Gasteiger partial charge is 0.151 e. The van der Waals surface area contributed by atoms with Gasteiger partial charge in [-0.05, 0) is 42.9 Å². The van der Waals surface area contributed by atoms with E-state index in [1.807, 2.05) is 6.20 Å². The van der Waals surface area contributed by atoms with Gasteiger partial charge in [0.1, 0.15) is 0 Å². The number of rotatable bonds is 4. The first-order chi connectivity index (χ1) is 10.7. The van der Waals surface area contributed by atoms with Crippen LogP contribution < -0.4 is 4.90 Å². The van der Waals surface area contributed by atoms with Gasteiger partial charge in [0.15, 0.2) is 5.82 Å². The van der Waals surface area contributed by atoms with Gasteiger partial charge in [0.2, 0.25) is 0 Å². The van der Waals surface area contributed by atoms with Gasteiger partial charge in [-0.3, -0.25) is 5.10 Å². The van der Waals surface area contributed by atoms with Crippen molar-refractivity contribution in [3.05, 3.63) is 35.3 Å². The highest BCUT2D eigenvalue weighted by Crippen LogP contribution is 2.30. The lowest BCUT2D eigenvalue weighted by atomic mass is 9.92. The normalized spacial score (nSPS) is 18.9. The Labute approximate surface area is 132 Å². The molecule has 3 rings (SSSR count). The molecule has 5 nitrogen and oxygen atoms in total. The van der Waals surface area contributed by atoms with Crippen molar-refractivity contribution in [1.82, 2.24) is 20.4 Å². The Morgan fingerprint density at radius 3 is 2.86 bits per heavy atom. The van der Waals surface area contributed by atoms with Crippen LogP contribution in [-0.4, -0.2) is 33.5 Å². The van der Waals surface area contributed by atoms with Gasteiger partial charge in [0.05, 0.1) is 11.9 Å². The molecule has 1 atom stereocenters. The molecule has 5 heteroatoms. The lowest BCUT2D eigenvalue weighted by Crippen LogP contribution is -2.35. The average Bonchev–Trinajstić information content (AvgIpc) is 3.04. The fraction of sp³-hybridized carbons (Fsp3) is 0.588. The number of hydrogen-bond donors (Lipinski definition) is 1. The zero-order chi connectivity index (χ0) is 15.5. The van der Waals surface area contributed by atoms with Crippen molar-refractivity contribution < 1.29 is 0 Å². The van der Waals surface area contributed by atoms with E-state index in [0.29, 0.717) is 11.8 Å². The molecule has 0 aromatic carbocycles. The zero-order valence-electron chi connectivity index (χ0n) is 13.7. The van der Waals surface area contributed by atoms with E-state index in [2.05, 4.69) is 58.2 Å². The number of nitrogens with zero attached hydrogens (tertiary/aromatic N) is 4. The fourth-order valence-corrected chi connectivity index (χ4v) is 3.19. The summed E-state index contributed by atoms with van der Waals surface area (Å²) in [4.78, 5) is 2.35. The maximum Gasteiger partial charge on any atom is 0.151 e. The average molecular weight is 299 g/mol. The standard InChI is InChI=1S/C17H25N5/c1-4-13-10-18-21-17(13)14-6-5-9-22(11-14)16-8-7-15(12(2)3)19-20-16/h7-8,10,12,14H,4-6,9,11H2,1-3H3,(H,18,21). The van der Waals surface area contributed by atoms with Gasteiger partial charge in [-0.2, -0.15) is 10.2 Å². The maximum atomic E-state index is 4.43. The SMILES string of the molecule is CCc1cn[nH]c1C1CCCN(c2ccc(C(C)C)nn2)C1. The van der Waals surface area contributed by atoms with E-state index >= 15 is 0 Å². The molecule has 0 saturated carbocycles. The summed E-state index contributed by atoms with van der Waals surface area (Å²) >= 11 is 0. The Morgan fingerprint density at radius 1 is 1.32 bits per heavy atom. The van der Waals surface area contributed by atoms with Crippen molar-refractivity contribution in [3.63, 3.8) is 0 Å². The van der Waals surface area contributed by atoms with E-state index in [9.17, 15) is 0 Å². The molecule has 22 heavy (non-hydrogen) atoms. The van der Waals surface area contributed by atoms with Crippen molar-refractivity contribution >= 4 is 5.82 Å². The Kier molecular flexibility index (Phi) is 4.41. The number of anilines is 1. The van der Waals surface area contributed by atoms with Crippen LogP contribution in [0.4, 0.5) is 5.82 Å². The van der Waals surface area contributed by atoms with Crippen LogP contribution in [0.15, 0.2) is 18.3 Å². The third-order valence-electron chi connectivity index (χ3n) is 4.55. The summed E-state index contributed by atoms with van der Waals surface area (Å²) in [5.41, 5.74) is 3.70. The summed E-state index contributed by atoms with van der Waals surface area (Å²) < 4.78 is 0. The van der Waals surface area contributed by atoms with Crippen LogP contribution in [0.25, 0.3) is 0 Å². The van der Waals surface area contributed by atoms with E-state index in [0.717, 1.165) is 31.0 Å². The number of H-pyrrole nitrogens is 1. The second kappa shape index (κ2) is 6.46. The molecule has 0 bridgehead atoms. The number of piperidine rings is 1. The van der Waals surface area contributed by atoms with Gasteiger partial charge < -0.3 is 4.90 Å². The number of aromatic nitrogens is 4.